The number of aliphatic carboxylic acids is 1. The third-order valence-electron chi connectivity index (χ3n) is 7.82. The number of aromatic nitrogens is 1. The minimum absolute atomic E-state index is 0.0616. The number of benzene rings is 2. The zero-order chi connectivity index (χ0) is 26.9. The van der Waals surface area contributed by atoms with E-state index in [0.717, 1.165) is 60.7 Å². The number of rotatable bonds is 9. The van der Waals surface area contributed by atoms with Crippen molar-refractivity contribution in [2.45, 2.75) is 96.7 Å². The van der Waals surface area contributed by atoms with E-state index in [9.17, 15) is 23.1 Å². The Morgan fingerprint density at radius 1 is 1.03 bits per heavy atom. The van der Waals surface area contributed by atoms with Crippen molar-refractivity contribution in [1.29, 1.82) is 0 Å². The minimum atomic E-state index is -4.38. The van der Waals surface area contributed by atoms with Crippen molar-refractivity contribution >= 4 is 16.9 Å². The maximum atomic E-state index is 13.3. The van der Waals surface area contributed by atoms with Crippen LogP contribution in [0.3, 0.4) is 0 Å². The lowest BCUT2D eigenvalue weighted by atomic mass is 9.84. The minimum Gasteiger partial charge on any atom is -0.481 e. The zero-order valence-corrected chi connectivity index (χ0v) is 22.2. The first-order valence-corrected chi connectivity index (χ1v) is 13.5. The molecule has 1 N–H and O–H groups in total. The molecule has 1 heterocycles. The monoisotopic (exact) mass is 513 g/mol. The van der Waals surface area contributed by atoms with E-state index in [-0.39, 0.29) is 18.4 Å². The van der Waals surface area contributed by atoms with E-state index >= 15 is 0 Å². The van der Waals surface area contributed by atoms with Crippen LogP contribution in [0.2, 0.25) is 0 Å². The van der Waals surface area contributed by atoms with Crippen molar-refractivity contribution in [3.05, 3.63) is 70.4 Å². The molecule has 0 spiro atoms. The van der Waals surface area contributed by atoms with Gasteiger partial charge in [0.15, 0.2) is 0 Å². The molecule has 3 aromatic rings. The van der Waals surface area contributed by atoms with Crippen molar-refractivity contribution in [3.8, 4) is 0 Å². The summed E-state index contributed by atoms with van der Waals surface area (Å²) in [5.41, 5.74) is 4.76. The van der Waals surface area contributed by atoms with Gasteiger partial charge in [-0.3, -0.25) is 4.79 Å². The molecule has 6 heteroatoms. The molecule has 0 aliphatic heterocycles. The number of carboxylic acid groups (broad SMARTS) is 1. The first-order chi connectivity index (χ1) is 17.5. The number of fused-ring (bicyclic) bond motifs is 3. The van der Waals surface area contributed by atoms with Gasteiger partial charge in [-0.2, -0.15) is 13.2 Å². The molecule has 0 saturated carbocycles. The Bertz CT molecular complexity index is 1240. The number of carbonyl (C=O) groups is 1. The number of halogens is 3. The first-order valence-electron chi connectivity index (χ1n) is 13.5. The van der Waals surface area contributed by atoms with Gasteiger partial charge in [0.05, 0.1) is 18.0 Å². The number of hydrogen-bond acceptors (Lipinski definition) is 1. The van der Waals surface area contributed by atoms with Gasteiger partial charge in [0.2, 0.25) is 0 Å². The summed E-state index contributed by atoms with van der Waals surface area (Å²) in [6.07, 6.45) is 1.05. The highest BCUT2D eigenvalue weighted by Crippen LogP contribution is 2.45. The van der Waals surface area contributed by atoms with Crippen LogP contribution < -0.4 is 0 Å². The number of carboxylic acids is 1. The van der Waals surface area contributed by atoms with Gasteiger partial charge in [0.25, 0.3) is 0 Å². The third-order valence-corrected chi connectivity index (χ3v) is 7.82. The molecule has 1 aliphatic rings. The van der Waals surface area contributed by atoms with Crippen molar-refractivity contribution in [2.24, 2.45) is 5.92 Å². The largest absolute Gasteiger partial charge is 0.481 e. The molecule has 0 amide bonds. The second-order valence-corrected chi connectivity index (χ2v) is 11.3. The van der Waals surface area contributed by atoms with Gasteiger partial charge in [0, 0.05) is 22.5 Å². The normalized spacial score (nSPS) is 16.9. The van der Waals surface area contributed by atoms with E-state index in [2.05, 4.69) is 50.5 Å². The smallest absolute Gasteiger partial charge is 0.416 e. The first kappa shape index (κ1) is 27.3. The SMILES string of the molecule is CC(C)CCC[C@@H](c1ccc(C(F)(F)F)cc1)n1c2c(c3cc(C(C)C)ccc31)CCCC2CC(=O)O. The van der Waals surface area contributed by atoms with Crippen LogP contribution >= 0.6 is 0 Å². The van der Waals surface area contributed by atoms with Gasteiger partial charge in [0.1, 0.15) is 0 Å². The Morgan fingerprint density at radius 3 is 2.30 bits per heavy atom. The topological polar surface area (TPSA) is 42.2 Å². The maximum Gasteiger partial charge on any atom is 0.416 e. The summed E-state index contributed by atoms with van der Waals surface area (Å²) in [6.45, 7) is 8.68. The summed E-state index contributed by atoms with van der Waals surface area (Å²) in [5, 5.41) is 10.9. The van der Waals surface area contributed by atoms with E-state index in [4.69, 9.17) is 0 Å². The molecular weight excluding hydrogens is 475 g/mol. The fourth-order valence-electron chi connectivity index (χ4n) is 5.95. The number of aryl methyl sites for hydroxylation is 1. The van der Waals surface area contributed by atoms with Crippen LogP contribution in [0.4, 0.5) is 13.2 Å². The molecule has 0 bridgehead atoms. The second-order valence-electron chi connectivity index (χ2n) is 11.3. The Kier molecular flexibility index (Phi) is 8.05. The Balaban J connectivity index is 1.93. The van der Waals surface area contributed by atoms with Gasteiger partial charge in [-0.1, -0.05) is 58.7 Å². The molecule has 37 heavy (non-hydrogen) atoms. The Morgan fingerprint density at radius 2 is 1.70 bits per heavy atom. The Labute approximate surface area is 217 Å². The van der Waals surface area contributed by atoms with E-state index in [1.54, 1.807) is 12.1 Å². The summed E-state index contributed by atoms with van der Waals surface area (Å²) < 4.78 is 42.3. The van der Waals surface area contributed by atoms with Crippen LogP contribution in [-0.4, -0.2) is 15.6 Å². The van der Waals surface area contributed by atoms with Crippen molar-refractivity contribution < 1.29 is 23.1 Å². The van der Waals surface area contributed by atoms with Crippen molar-refractivity contribution in [3.63, 3.8) is 0 Å². The summed E-state index contributed by atoms with van der Waals surface area (Å²) in [7, 11) is 0. The third kappa shape index (κ3) is 5.89. The highest BCUT2D eigenvalue weighted by atomic mass is 19.4. The molecule has 2 atom stereocenters. The molecule has 0 saturated heterocycles. The molecule has 2 aromatic carbocycles. The fourth-order valence-corrected chi connectivity index (χ4v) is 5.95. The average Bonchev–Trinajstić information content (AvgIpc) is 3.15. The molecule has 3 nitrogen and oxygen atoms in total. The van der Waals surface area contributed by atoms with Gasteiger partial charge in [-0.05, 0) is 78.5 Å². The van der Waals surface area contributed by atoms with E-state index in [0.29, 0.717) is 11.8 Å². The predicted molar refractivity (Wildman–Crippen MR) is 142 cm³/mol. The number of hydrogen-bond donors (Lipinski definition) is 1. The van der Waals surface area contributed by atoms with E-state index in [1.807, 2.05) is 0 Å². The van der Waals surface area contributed by atoms with Crippen molar-refractivity contribution in [1.82, 2.24) is 4.57 Å². The lowest BCUT2D eigenvalue weighted by Gasteiger charge is -2.30. The van der Waals surface area contributed by atoms with Gasteiger partial charge < -0.3 is 9.67 Å². The van der Waals surface area contributed by atoms with Gasteiger partial charge in [-0.15, -0.1) is 0 Å². The number of alkyl halides is 3. The standard InChI is InChI=1S/C31H38F3NO2/c1-19(2)7-5-10-27(21-11-14-24(15-12-21)31(32,33)34)35-28-16-13-22(20(3)4)17-26(28)25-9-6-8-23(30(25)35)18-29(36)37/h11-17,19-20,23,27H,5-10,18H2,1-4H3,(H,36,37)/t23?,27-/m0/s1. The van der Waals surface area contributed by atoms with Crippen LogP contribution in [0.5, 0.6) is 0 Å². The van der Waals surface area contributed by atoms with Crippen LogP contribution in [0, 0.1) is 5.92 Å². The molecular formula is C31H38F3NO2. The van der Waals surface area contributed by atoms with Crippen LogP contribution in [-0.2, 0) is 17.4 Å². The lowest BCUT2D eigenvalue weighted by Crippen LogP contribution is -2.21. The van der Waals surface area contributed by atoms with Crippen LogP contribution in [0.15, 0.2) is 42.5 Å². The summed E-state index contributed by atoms with van der Waals surface area (Å²) in [5.74, 6) is -0.0443. The second kappa shape index (κ2) is 10.9. The Hall–Kier alpha value is -2.76. The molecule has 0 fully saturated rings. The predicted octanol–water partition coefficient (Wildman–Crippen LogP) is 9.09. The van der Waals surface area contributed by atoms with Crippen LogP contribution in [0.25, 0.3) is 10.9 Å². The van der Waals surface area contributed by atoms with Crippen molar-refractivity contribution in [2.75, 3.05) is 0 Å². The van der Waals surface area contributed by atoms with E-state index in [1.165, 1.54) is 23.3 Å². The summed E-state index contributed by atoms with van der Waals surface area (Å²) >= 11 is 0. The summed E-state index contributed by atoms with van der Waals surface area (Å²) in [4.78, 5) is 11.8. The molecule has 1 aromatic heterocycles. The zero-order valence-electron chi connectivity index (χ0n) is 22.2. The summed E-state index contributed by atoms with van der Waals surface area (Å²) in [6, 6.07) is 11.9. The highest BCUT2D eigenvalue weighted by molar-refractivity contribution is 5.87. The van der Waals surface area contributed by atoms with Gasteiger partial charge >= 0.3 is 12.1 Å². The maximum absolute atomic E-state index is 13.3. The fraction of sp³-hybridized carbons (Fsp3) is 0.516. The number of nitrogens with zero attached hydrogens (tertiary/aromatic N) is 1. The molecule has 200 valence electrons. The molecule has 1 unspecified atom stereocenters. The molecule has 1 aliphatic carbocycles. The van der Waals surface area contributed by atoms with E-state index < -0.39 is 17.7 Å². The molecule has 4 rings (SSSR count). The quantitative estimate of drug-likeness (QED) is 0.310. The molecule has 0 radical (unpaired) electrons. The highest BCUT2D eigenvalue weighted by Gasteiger charge is 2.33. The average molecular weight is 514 g/mol. The lowest BCUT2D eigenvalue weighted by molar-refractivity contribution is -0.138. The van der Waals surface area contributed by atoms with Gasteiger partial charge in [-0.25, -0.2) is 0 Å². The van der Waals surface area contributed by atoms with Crippen LogP contribution in [0.1, 0.15) is 112 Å².